The van der Waals surface area contributed by atoms with Gasteiger partial charge in [0, 0.05) is 11.6 Å². The summed E-state index contributed by atoms with van der Waals surface area (Å²) in [5.74, 6) is 0.0427. The molecule has 0 aliphatic heterocycles. The van der Waals surface area contributed by atoms with Crippen LogP contribution in [0, 0.1) is 0 Å². The number of methoxy groups -OCH3 is 1. The summed E-state index contributed by atoms with van der Waals surface area (Å²) in [5, 5.41) is 8.73. The first kappa shape index (κ1) is 13.6. The molecule has 0 aliphatic carbocycles. The minimum absolute atomic E-state index is 0.0503. The van der Waals surface area contributed by atoms with Gasteiger partial charge >= 0.3 is 6.16 Å². The monoisotopic (exact) mass is 272 g/mol. The van der Waals surface area contributed by atoms with E-state index in [1.54, 1.807) is 36.4 Å². The Morgan fingerprint density at radius 2 is 1.75 bits per heavy atom. The van der Waals surface area contributed by atoms with E-state index in [1.807, 2.05) is 0 Å². The molecule has 1 N–H and O–H groups in total. The number of carboxylic acid groups (broad SMARTS) is 1. The molecule has 5 nitrogen and oxygen atoms in total. The maximum absolute atomic E-state index is 12.3. The fraction of sp³-hybridized carbons (Fsp3) is 0.0667. The van der Waals surface area contributed by atoms with Crippen molar-refractivity contribution in [2.24, 2.45) is 0 Å². The second kappa shape index (κ2) is 5.88. The van der Waals surface area contributed by atoms with Crippen LogP contribution in [0.4, 0.5) is 4.79 Å². The minimum atomic E-state index is -1.49. The highest BCUT2D eigenvalue weighted by atomic mass is 16.7. The molecule has 0 atom stereocenters. The van der Waals surface area contributed by atoms with E-state index in [2.05, 4.69) is 4.74 Å². The van der Waals surface area contributed by atoms with Gasteiger partial charge in [-0.2, -0.15) is 0 Å². The summed E-state index contributed by atoms with van der Waals surface area (Å²) in [4.78, 5) is 23.0. The van der Waals surface area contributed by atoms with Crippen molar-refractivity contribution in [3.63, 3.8) is 0 Å². The van der Waals surface area contributed by atoms with Crippen LogP contribution in [0.25, 0.3) is 0 Å². The van der Waals surface area contributed by atoms with E-state index in [0.29, 0.717) is 11.3 Å². The molecule has 0 saturated carbocycles. The number of benzene rings is 2. The van der Waals surface area contributed by atoms with Crippen molar-refractivity contribution in [1.29, 1.82) is 0 Å². The van der Waals surface area contributed by atoms with Gasteiger partial charge in [-0.15, -0.1) is 0 Å². The van der Waals surface area contributed by atoms with Crippen LogP contribution in [0.15, 0.2) is 48.5 Å². The van der Waals surface area contributed by atoms with Crippen molar-refractivity contribution in [2.45, 2.75) is 0 Å². The highest BCUT2D eigenvalue weighted by Crippen LogP contribution is 2.27. The molecular formula is C15H12O5. The predicted octanol–water partition coefficient (Wildman–Crippen LogP) is 2.98. The van der Waals surface area contributed by atoms with E-state index >= 15 is 0 Å². The molecule has 0 aliphatic rings. The summed E-state index contributed by atoms with van der Waals surface area (Å²) in [6.45, 7) is 0. The zero-order valence-corrected chi connectivity index (χ0v) is 10.7. The summed E-state index contributed by atoms with van der Waals surface area (Å²) >= 11 is 0. The van der Waals surface area contributed by atoms with Gasteiger partial charge in [-0.1, -0.05) is 30.3 Å². The van der Waals surface area contributed by atoms with E-state index in [-0.39, 0.29) is 17.1 Å². The third-order valence-electron chi connectivity index (χ3n) is 2.67. The zero-order chi connectivity index (χ0) is 14.5. The highest BCUT2D eigenvalue weighted by molar-refractivity contribution is 6.11. The zero-order valence-electron chi connectivity index (χ0n) is 10.7. The average Bonchev–Trinajstić information content (AvgIpc) is 2.46. The molecule has 0 saturated heterocycles. The average molecular weight is 272 g/mol. The fourth-order valence-corrected chi connectivity index (χ4v) is 1.74. The molecule has 0 bridgehead atoms. The summed E-state index contributed by atoms with van der Waals surface area (Å²) < 4.78 is 9.64. The lowest BCUT2D eigenvalue weighted by molar-refractivity contribution is 0.103. The lowest BCUT2D eigenvalue weighted by Gasteiger charge is -2.09. The minimum Gasteiger partial charge on any atom is -0.497 e. The lowest BCUT2D eigenvalue weighted by Crippen LogP contribution is -2.09. The van der Waals surface area contributed by atoms with Crippen molar-refractivity contribution in [3.8, 4) is 11.5 Å². The van der Waals surface area contributed by atoms with Crippen molar-refractivity contribution in [1.82, 2.24) is 0 Å². The quantitative estimate of drug-likeness (QED) is 0.526. The van der Waals surface area contributed by atoms with E-state index in [0.717, 1.165) is 0 Å². The summed E-state index contributed by atoms with van der Waals surface area (Å²) in [6.07, 6.45) is -1.49. The van der Waals surface area contributed by atoms with Gasteiger partial charge in [-0.25, -0.2) is 4.79 Å². The van der Waals surface area contributed by atoms with Gasteiger partial charge in [0.15, 0.2) is 5.78 Å². The SMILES string of the molecule is COc1ccc(C(=O)c2ccccc2)c(OC(=O)O)c1. The summed E-state index contributed by atoms with van der Waals surface area (Å²) in [7, 11) is 1.44. The Bertz CT molecular complexity index is 634. The van der Waals surface area contributed by atoms with Gasteiger partial charge in [0.2, 0.25) is 0 Å². The van der Waals surface area contributed by atoms with Gasteiger partial charge in [0.25, 0.3) is 0 Å². The number of ether oxygens (including phenoxy) is 2. The van der Waals surface area contributed by atoms with Crippen LogP contribution in [0.3, 0.4) is 0 Å². The Kier molecular flexibility index (Phi) is 4.00. The molecule has 2 aromatic rings. The lowest BCUT2D eigenvalue weighted by atomic mass is 10.0. The molecule has 0 heterocycles. The third-order valence-corrected chi connectivity index (χ3v) is 2.67. The largest absolute Gasteiger partial charge is 0.511 e. The highest BCUT2D eigenvalue weighted by Gasteiger charge is 2.17. The van der Waals surface area contributed by atoms with Crippen molar-refractivity contribution >= 4 is 11.9 Å². The van der Waals surface area contributed by atoms with Gasteiger partial charge in [-0.3, -0.25) is 4.79 Å². The van der Waals surface area contributed by atoms with E-state index in [4.69, 9.17) is 9.84 Å². The maximum atomic E-state index is 12.3. The Morgan fingerprint density at radius 1 is 1.05 bits per heavy atom. The van der Waals surface area contributed by atoms with Crippen LogP contribution >= 0.6 is 0 Å². The van der Waals surface area contributed by atoms with Crippen LogP contribution in [0.2, 0.25) is 0 Å². The number of carbonyl (C=O) groups is 2. The maximum Gasteiger partial charge on any atom is 0.511 e. The smallest absolute Gasteiger partial charge is 0.497 e. The van der Waals surface area contributed by atoms with Crippen molar-refractivity contribution in [2.75, 3.05) is 7.11 Å². The first-order chi connectivity index (χ1) is 9.61. The number of hydrogen-bond acceptors (Lipinski definition) is 4. The Labute approximate surface area is 115 Å². The van der Waals surface area contributed by atoms with Gasteiger partial charge in [0.05, 0.1) is 12.7 Å². The van der Waals surface area contributed by atoms with Gasteiger partial charge < -0.3 is 14.6 Å². The normalized spacial score (nSPS) is 9.85. The molecule has 20 heavy (non-hydrogen) atoms. The van der Waals surface area contributed by atoms with Crippen LogP contribution in [-0.2, 0) is 0 Å². The topological polar surface area (TPSA) is 72.8 Å². The molecule has 2 aromatic carbocycles. The van der Waals surface area contributed by atoms with Crippen LogP contribution in [-0.4, -0.2) is 24.2 Å². The molecule has 0 aromatic heterocycles. The molecule has 0 radical (unpaired) electrons. The molecule has 2 rings (SSSR count). The van der Waals surface area contributed by atoms with Crippen LogP contribution in [0.1, 0.15) is 15.9 Å². The van der Waals surface area contributed by atoms with Gasteiger partial charge in [-0.05, 0) is 12.1 Å². The second-order valence-corrected chi connectivity index (χ2v) is 3.93. The van der Waals surface area contributed by atoms with Crippen molar-refractivity contribution in [3.05, 3.63) is 59.7 Å². The summed E-state index contributed by atoms with van der Waals surface area (Å²) in [6, 6.07) is 13.0. The van der Waals surface area contributed by atoms with Gasteiger partial charge in [0.1, 0.15) is 11.5 Å². The molecule has 5 heteroatoms. The number of hydrogen-bond donors (Lipinski definition) is 1. The van der Waals surface area contributed by atoms with Crippen molar-refractivity contribution < 1.29 is 24.2 Å². The molecule has 0 amide bonds. The number of ketones is 1. The Morgan fingerprint density at radius 3 is 2.35 bits per heavy atom. The number of carbonyl (C=O) groups excluding carboxylic acids is 1. The fourth-order valence-electron chi connectivity index (χ4n) is 1.74. The standard InChI is InChI=1S/C15H12O5/c1-19-11-7-8-12(13(9-11)20-15(17)18)14(16)10-5-3-2-4-6-10/h2-9H,1H3,(H,17,18). The first-order valence-electron chi connectivity index (χ1n) is 5.80. The van der Waals surface area contributed by atoms with Crippen LogP contribution in [0.5, 0.6) is 11.5 Å². The third kappa shape index (κ3) is 2.95. The second-order valence-electron chi connectivity index (χ2n) is 3.93. The molecule has 0 fully saturated rings. The molecule has 0 spiro atoms. The van der Waals surface area contributed by atoms with E-state index in [9.17, 15) is 9.59 Å². The number of rotatable bonds is 4. The molecule has 102 valence electrons. The van der Waals surface area contributed by atoms with E-state index < -0.39 is 6.16 Å². The Balaban J connectivity index is 2.44. The van der Waals surface area contributed by atoms with Crippen LogP contribution < -0.4 is 9.47 Å². The predicted molar refractivity (Wildman–Crippen MR) is 71.5 cm³/mol. The first-order valence-corrected chi connectivity index (χ1v) is 5.80. The molecular weight excluding hydrogens is 260 g/mol. The molecule has 0 unspecified atom stereocenters. The van der Waals surface area contributed by atoms with E-state index in [1.165, 1.54) is 19.2 Å². The Hall–Kier alpha value is -2.82. The summed E-state index contributed by atoms with van der Waals surface area (Å²) in [5.41, 5.74) is 0.618.